The topological polar surface area (TPSA) is 73.5 Å². The van der Waals surface area contributed by atoms with E-state index in [1.54, 1.807) is 7.05 Å². The molecule has 3 N–H and O–H groups in total. The van der Waals surface area contributed by atoms with Crippen LogP contribution in [0.2, 0.25) is 0 Å². The monoisotopic (exact) mass is 322 g/mol. The quantitative estimate of drug-likeness (QED) is 0.728. The van der Waals surface area contributed by atoms with Gasteiger partial charge in [0.15, 0.2) is 0 Å². The van der Waals surface area contributed by atoms with E-state index in [1.807, 2.05) is 0 Å². The lowest BCUT2D eigenvalue weighted by Gasteiger charge is -2.33. The molecule has 0 radical (unpaired) electrons. The summed E-state index contributed by atoms with van der Waals surface area (Å²) in [5, 5.41) is 8.92. The van der Waals surface area contributed by atoms with E-state index in [0.717, 1.165) is 38.8 Å². The predicted molar refractivity (Wildman–Crippen MR) is 89.1 cm³/mol. The highest BCUT2D eigenvalue weighted by Gasteiger charge is 2.44. The fourth-order valence-corrected chi connectivity index (χ4v) is 3.98. The van der Waals surface area contributed by atoms with Crippen molar-refractivity contribution in [2.45, 2.75) is 63.5 Å². The number of nitrogens with zero attached hydrogens (tertiary/aromatic N) is 1. The Balaban J connectivity index is 1.32. The summed E-state index contributed by atoms with van der Waals surface area (Å²) in [5.41, 5.74) is 0.673. The molecule has 23 heavy (non-hydrogen) atoms. The van der Waals surface area contributed by atoms with Crippen molar-refractivity contribution < 1.29 is 9.59 Å². The second kappa shape index (κ2) is 7.07. The number of hydrogen-bond donors (Lipinski definition) is 3. The average molecular weight is 322 g/mol. The third kappa shape index (κ3) is 4.59. The maximum atomic E-state index is 12.2. The molecule has 0 bridgehead atoms. The number of nitrogens with one attached hydrogen (secondary N) is 3. The van der Waals surface area contributed by atoms with Crippen LogP contribution >= 0.6 is 0 Å². The molecule has 2 aliphatic carbocycles. The normalized spacial score (nSPS) is 25.1. The first-order valence-corrected chi connectivity index (χ1v) is 9.09. The van der Waals surface area contributed by atoms with Crippen molar-refractivity contribution in [3.63, 3.8) is 0 Å². The molecule has 6 heteroatoms. The van der Waals surface area contributed by atoms with E-state index >= 15 is 0 Å². The molecule has 0 unspecified atom stereocenters. The molecular weight excluding hydrogens is 292 g/mol. The molecule has 1 heterocycles. The Bertz CT molecular complexity index is 432. The number of carbonyl (C=O) groups is 2. The van der Waals surface area contributed by atoms with Crippen LogP contribution in [-0.2, 0) is 4.79 Å². The van der Waals surface area contributed by atoms with E-state index in [2.05, 4.69) is 20.9 Å². The van der Waals surface area contributed by atoms with Gasteiger partial charge in [-0.05, 0) is 56.8 Å². The number of hydrogen-bond acceptors (Lipinski definition) is 3. The number of urea groups is 1. The van der Waals surface area contributed by atoms with Gasteiger partial charge in [0.2, 0.25) is 5.91 Å². The van der Waals surface area contributed by atoms with Gasteiger partial charge in [-0.2, -0.15) is 0 Å². The summed E-state index contributed by atoms with van der Waals surface area (Å²) in [5.74, 6) is 0.0554. The Morgan fingerprint density at radius 1 is 0.957 bits per heavy atom. The lowest BCUT2D eigenvalue weighted by molar-refractivity contribution is -0.122. The van der Waals surface area contributed by atoms with Gasteiger partial charge in [0, 0.05) is 32.2 Å². The number of amides is 3. The van der Waals surface area contributed by atoms with Crippen molar-refractivity contribution in [3.8, 4) is 0 Å². The fourth-order valence-electron chi connectivity index (χ4n) is 3.98. The molecule has 2 saturated carbocycles. The molecule has 1 spiro atoms. The van der Waals surface area contributed by atoms with Crippen LogP contribution in [0.15, 0.2) is 0 Å². The first-order chi connectivity index (χ1) is 11.1. The molecule has 0 aromatic heterocycles. The van der Waals surface area contributed by atoms with Crippen molar-refractivity contribution in [1.82, 2.24) is 20.9 Å². The Kier molecular flexibility index (Phi) is 5.09. The molecule has 0 aromatic rings. The second-order valence-corrected chi connectivity index (χ2v) is 7.62. The van der Waals surface area contributed by atoms with Crippen molar-refractivity contribution in [3.05, 3.63) is 0 Å². The SMILES string of the molecule is CNC(=O)CN1CCC(NC(=O)NC2CCC3(CC2)CC3)CC1. The van der Waals surface area contributed by atoms with Gasteiger partial charge in [0.05, 0.1) is 6.54 Å². The van der Waals surface area contributed by atoms with Crippen LogP contribution in [0.3, 0.4) is 0 Å². The van der Waals surface area contributed by atoms with E-state index in [0.29, 0.717) is 18.0 Å². The lowest BCUT2D eigenvalue weighted by atomic mass is 9.83. The highest BCUT2D eigenvalue weighted by Crippen LogP contribution is 2.56. The molecule has 3 amide bonds. The number of likely N-dealkylation sites (N-methyl/N-ethyl adjacent to an activating group) is 1. The maximum absolute atomic E-state index is 12.2. The van der Waals surface area contributed by atoms with Gasteiger partial charge < -0.3 is 16.0 Å². The summed E-state index contributed by atoms with van der Waals surface area (Å²) in [6.07, 6.45) is 9.49. The van der Waals surface area contributed by atoms with Crippen molar-refractivity contribution in [1.29, 1.82) is 0 Å². The molecule has 1 saturated heterocycles. The van der Waals surface area contributed by atoms with E-state index < -0.39 is 0 Å². The summed E-state index contributed by atoms with van der Waals surface area (Å²) in [6, 6.07) is 0.579. The van der Waals surface area contributed by atoms with Crippen molar-refractivity contribution in [2.24, 2.45) is 5.41 Å². The molecule has 0 atom stereocenters. The highest BCUT2D eigenvalue weighted by atomic mass is 16.2. The van der Waals surface area contributed by atoms with E-state index in [-0.39, 0.29) is 18.0 Å². The zero-order valence-corrected chi connectivity index (χ0v) is 14.2. The number of carbonyl (C=O) groups excluding carboxylic acids is 2. The van der Waals surface area contributed by atoms with Gasteiger partial charge in [-0.15, -0.1) is 0 Å². The maximum Gasteiger partial charge on any atom is 0.315 e. The van der Waals surface area contributed by atoms with Crippen LogP contribution in [0.25, 0.3) is 0 Å². The minimum atomic E-state index is -0.00787. The first-order valence-electron chi connectivity index (χ1n) is 9.09. The van der Waals surface area contributed by atoms with Gasteiger partial charge in [-0.1, -0.05) is 0 Å². The Labute approximate surface area is 138 Å². The third-order valence-corrected chi connectivity index (χ3v) is 5.91. The van der Waals surface area contributed by atoms with E-state index in [4.69, 9.17) is 0 Å². The smallest absolute Gasteiger partial charge is 0.315 e. The summed E-state index contributed by atoms with van der Waals surface area (Å²) in [4.78, 5) is 25.7. The average Bonchev–Trinajstić information content (AvgIpc) is 3.31. The lowest BCUT2D eigenvalue weighted by Crippen LogP contribution is -2.51. The molecule has 1 aliphatic heterocycles. The van der Waals surface area contributed by atoms with Gasteiger partial charge >= 0.3 is 6.03 Å². The minimum absolute atomic E-state index is 0.00787. The third-order valence-electron chi connectivity index (χ3n) is 5.91. The zero-order chi connectivity index (χ0) is 16.3. The highest BCUT2D eigenvalue weighted by molar-refractivity contribution is 5.77. The summed E-state index contributed by atoms with van der Waals surface area (Å²) >= 11 is 0. The largest absolute Gasteiger partial charge is 0.358 e. The summed E-state index contributed by atoms with van der Waals surface area (Å²) < 4.78 is 0. The molecule has 3 fully saturated rings. The number of likely N-dealkylation sites (tertiary alicyclic amines) is 1. The minimum Gasteiger partial charge on any atom is -0.358 e. The van der Waals surface area contributed by atoms with Crippen molar-refractivity contribution in [2.75, 3.05) is 26.7 Å². The Morgan fingerprint density at radius 3 is 2.04 bits per heavy atom. The van der Waals surface area contributed by atoms with Crippen LogP contribution in [-0.4, -0.2) is 55.6 Å². The molecule has 130 valence electrons. The predicted octanol–water partition coefficient (Wildman–Crippen LogP) is 1.22. The van der Waals surface area contributed by atoms with E-state index in [1.165, 1.54) is 25.7 Å². The number of rotatable bonds is 4. The van der Waals surface area contributed by atoms with Gasteiger partial charge in [-0.25, -0.2) is 4.79 Å². The first kappa shape index (κ1) is 16.6. The summed E-state index contributed by atoms with van der Waals surface area (Å²) in [7, 11) is 1.66. The van der Waals surface area contributed by atoms with E-state index in [9.17, 15) is 9.59 Å². The second-order valence-electron chi connectivity index (χ2n) is 7.62. The van der Waals surface area contributed by atoms with Crippen molar-refractivity contribution >= 4 is 11.9 Å². The molecule has 6 nitrogen and oxygen atoms in total. The van der Waals surface area contributed by atoms with Crippen LogP contribution in [0.1, 0.15) is 51.4 Å². The Hall–Kier alpha value is -1.30. The Morgan fingerprint density at radius 2 is 1.52 bits per heavy atom. The summed E-state index contributed by atoms with van der Waals surface area (Å²) in [6.45, 7) is 2.19. The molecular formula is C17H30N4O2. The van der Waals surface area contributed by atoms with Crippen LogP contribution in [0.5, 0.6) is 0 Å². The molecule has 3 rings (SSSR count). The van der Waals surface area contributed by atoms with Crippen LogP contribution in [0, 0.1) is 5.41 Å². The molecule has 3 aliphatic rings. The standard InChI is InChI=1S/C17H30N4O2/c1-18-15(22)12-21-10-4-14(5-11-21)20-16(23)19-13-2-6-17(7-3-13)8-9-17/h13-14H,2-12H2,1H3,(H,18,22)(H2,19,20,23). The zero-order valence-electron chi connectivity index (χ0n) is 14.2. The van der Waals surface area contributed by atoms with Gasteiger partial charge in [0.1, 0.15) is 0 Å². The number of piperidine rings is 1. The molecule has 0 aromatic carbocycles. The van der Waals surface area contributed by atoms with Gasteiger partial charge in [0.25, 0.3) is 0 Å². The fraction of sp³-hybridized carbons (Fsp3) is 0.882. The van der Waals surface area contributed by atoms with Gasteiger partial charge in [-0.3, -0.25) is 9.69 Å². The van der Waals surface area contributed by atoms with Crippen LogP contribution in [0.4, 0.5) is 4.79 Å². The van der Waals surface area contributed by atoms with Crippen LogP contribution < -0.4 is 16.0 Å².